The van der Waals surface area contributed by atoms with E-state index in [1.165, 1.54) is 6.07 Å². The van der Waals surface area contributed by atoms with Gasteiger partial charge < -0.3 is 15.4 Å². The van der Waals surface area contributed by atoms with Gasteiger partial charge in [0.2, 0.25) is 0 Å². The minimum absolute atomic E-state index is 0.00713. The highest BCUT2D eigenvalue weighted by Gasteiger charge is 2.32. The Morgan fingerprint density at radius 3 is 2.95 bits per heavy atom. The predicted octanol–water partition coefficient (Wildman–Crippen LogP) is 2.19. The summed E-state index contributed by atoms with van der Waals surface area (Å²) in [5.41, 5.74) is 6.30. The van der Waals surface area contributed by atoms with Crippen LogP contribution in [0.25, 0.3) is 0 Å². The summed E-state index contributed by atoms with van der Waals surface area (Å²) in [6.45, 7) is 1.05. The van der Waals surface area contributed by atoms with Gasteiger partial charge in [0.05, 0.1) is 16.0 Å². The Morgan fingerprint density at radius 1 is 1.60 bits per heavy atom. The van der Waals surface area contributed by atoms with E-state index in [9.17, 15) is 10.1 Å². The summed E-state index contributed by atoms with van der Waals surface area (Å²) in [7, 11) is 1.67. The molecule has 110 valence electrons. The van der Waals surface area contributed by atoms with Gasteiger partial charge in [-0.3, -0.25) is 10.1 Å². The highest BCUT2D eigenvalue weighted by atomic mass is 35.5. The molecule has 1 saturated heterocycles. The number of nitro benzene ring substituents is 1. The minimum atomic E-state index is -0.406. The Labute approximate surface area is 122 Å². The van der Waals surface area contributed by atoms with Crippen molar-refractivity contribution in [2.75, 3.05) is 25.1 Å². The zero-order valence-corrected chi connectivity index (χ0v) is 12.0. The van der Waals surface area contributed by atoms with Crippen LogP contribution in [-0.4, -0.2) is 37.3 Å². The molecule has 2 rings (SSSR count). The van der Waals surface area contributed by atoms with Crippen LogP contribution >= 0.6 is 11.6 Å². The molecule has 1 aromatic carbocycles. The molecule has 2 unspecified atom stereocenters. The van der Waals surface area contributed by atoms with Crippen molar-refractivity contribution >= 4 is 23.0 Å². The Kier molecular flexibility index (Phi) is 4.80. The smallest absolute Gasteiger partial charge is 0.294 e. The van der Waals surface area contributed by atoms with E-state index in [1.54, 1.807) is 19.2 Å². The van der Waals surface area contributed by atoms with Crippen molar-refractivity contribution in [3.8, 4) is 0 Å². The molecular weight excluding hydrogens is 282 g/mol. The van der Waals surface area contributed by atoms with Crippen LogP contribution in [0.4, 0.5) is 11.4 Å². The molecule has 0 amide bonds. The van der Waals surface area contributed by atoms with Gasteiger partial charge in [0.25, 0.3) is 5.69 Å². The third-order valence-corrected chi connectivity index (χ3v) is 4.03. The van der Waals surface area contributed by atoms with Gasteiger partial charge in [-0.15, -0.1) is 0 Å². The average molecular weight is 300 g/mol. The summed E-state index contributed by atoms with van der Waals surface area (Å²) in [6, 6.07) is 4.72. The molecule has 0 spiro atoms. The van der Waals surface area contributed by atoms with Crippen molar-refractivity contribution in [3.05, 3.63) is 33.3 Å². The highest BCUT2D eigenvalue weighted by molar-refractivity contribution is 6.33. The number of hydrogen-bond donors (Lipinski definition) is 1. The molecule has 2 N–H and O–H groups in total. The number of rotatable bonds is 4. The number of nitrogens with two attached hydrogens (primary N) is 1. The van der Waals surface area contributed by atoms with Gasteiger partial charge in [0, 0.05) is 32.3 Å². The van der Waals surface area contributed by atoms with E-state index in [0.29, 0.717) is 23.8 Å². The van der Waals surface area contributed by atoms with Gasteiger partial charge in [-0.2, -0.15) is 0 Å². The van der Waals surface area contributed by atoms with Gasteiger partial charge in [0.15, 0.2) is 0 Å². The summed E-state index contributed by atoms with van der Waals surface area (Å²) in [5, 5.41) is 11.6. The van der Waals surface area contributed by atoms with Crippen LogP contribution in [0, 0.1) is 10.1 Å². The van der Waals surface area contributed by atoms with Crippen LogP contribution in [0.5, 0.6) is 0 Å². The molecule has 6 nitrogen and oxygen atoms in total. The van der Waals surface area contributed by atoms with Crippen molar-refractivity contribution in [3.63, 3.8) is 0 Å². The lowest BCUT2D eigenvalue weighted by Crippen LogP contribution is -2.49. The van der Waals surface area contributed by atoms with Crippen LogP contribution in [0.2, 0.25) is 5.02 Å². The number of ether oxygens (including phenoxy) is 1. The summed E-state index contributed by atoms with van der Waals surface area (Å²) in [5.74, 6) is 0. The minimum Gasteiger partial charge on any atom is -0.381 e. The second kappa shape index (κ2) is 6.39. The second-order valence-corrected chi connectivity index (χ2v) is 5.24. The number of hydrogen-bond acceptors (Lipinski definition) is 5. The van der Waals surface area contributed by atoms with Crippen LogP contribution in [0.15, 0.2) is 18.2 Å². The fraction of sp³-hybridized carbons (Fsp3) is 0.538. The van der Waals surface area contributed by atoms with E-state index in [-0.39, 0.29) is 17.8 Å². The SMILES string of the molecule is COC1CCN(c2c(Cl)cccc2[N+](=O)[O-])C(CN)C1. The third kappa shape index (κ3) is 2.87. The Hall–Kier alpha value is -1.37. The molecule has 2 atom stereocenters. The molecule has 1 aromatic rings. The van der Waals surface area contributed by atoms with Gasteiger partial charge in [-0.1, -0.05) is 17.7 Å². The first-order chi connectivity index (χ1) is 9.58. The van der Waals surface area contributed by atoms with Crippen LogP contribution < -0.4 is 10.6 Å². The number of methoxy groups -OCH3 is 1. The van der Waals surface area contributed by atoms with Gasteiger partial charge in [-0.25, -0.2) is 0 Å². The normalized spacial score (nSPS) is 22.9. The van der Waals surface area contributed by atoms with Crippen molar-refractivity contribution in [1.82, 2.24) is 0 Å². The van der Waals surface area contributed by atoms with Crippen molar-refractivity contribution in [1.29, 1.82) is 0 Å². The molecule has 0 aliphatic carbocycles. The van der Waals surface area contributed by atoms with E-state index in [2.05, 4.69) is 0 Å². The lowest BCUT2D eigenvalue weighted by molar-refractivity contribution is -0.384. The first-order valence-corrected chi connectivity index (χ1v) is 6.88. The quantitative estimate of drug-likeness (QED) is 0.681. The van der Waals surface area contributed by atoms with E-state index in [1.807, 2.05) is 4.90 Å². The maximum Gasteiger partial charge on any atom is 0.294 e. The fourth-order valence-corrected chi connectivity index (χ4v) is 2.96. The fourth-order valence-electron chi connectivity index (χ4n) is 2.68. The first-order valence-electron chi connectivity index (χ1n) is 6.50. The molecule has 7 heteroatoms. The summed E-state index contributed by atoms with van der Waals surface area (Å²) >= 11 is 6.18. The number of halogens is 1. The third-order valence-electron chi connectivity index (χ3n) is 3.72. The number of nitrogens with zero attached hydrogens (tertiary/aromatic N) is 2. The van der Waals surface area contributed by atoms with E-state index in [4.69, 9.17) is 22.1 Å². The molecule has 1 heterocycles. The first kappa shape index (κ1) is 15.0. The molecule has 0 bridgehead atoms. The monoisotopic (exact) mass is 299 g/mol. The summed E-state index contributed by atoms with van der Waals surface area (Å²) in [4.78, 5) is 12.7. The molecular formula is C13H18ClN3O3. The van der Waals surface area contributed by atoms with Gasteiger partial charge in [0.1, 0.15) is 5.69 Å². The Morgan fingerprint density at radius 2 is 2.35 bits per heavy atom. The largest absolute Gasteiger partial charge is 0.381 e. The molecule has 1 aliphatic heterocycles. The number of piperidine rings is 1. The lowest BCUT2D eigenvalue weighted by Gasteiger charge is -2.40. The standard InChI is InChI=1S/C13H18ClN3O3/c1-20-10-5-6-16(9(7-10)8-15)13-11(14)3-2-4-12(13)17(18)19/h2-4,9-10H,5-8,15H2,1H3. The van der Waals surface area contributed by atoms with Crippen molar-refractivity contribution in [2.24, 2.45) is 5.73 Å². The van der Waals surface area contributed by atoms with Crippen LogP contribution in [0.1, 0.15) is 12.8 Å². The van der Waals surface area contributed by atoms with Crippen molar-refractivity contribution < 1.29 is 9.66 Å². The maximum atomic E-state index is 11.2. The van der Waals surface area contributed by atoms with Crippen LogP contribution in [0.3, 0.4) is 0 Å². The Bertz CT molecular complexity index is 498. The van der Waals surface area contributed by atoms with E-state index >= 15 is 0 Å². The van der Waals surface area contributed by atoms with Crippen molar-refractivity contribution in [2.45, 2.75) is 25.0 Å². The molecule has 0 radical (unpaired) electrons. The number of nitro groups is 1. The topological polar surface area (TPSA) is 81.6 Å². The molecule has 1 aliphatic rings. The average Bonchev–Trinajstić information content (AvgIpc) is 2.46. The molecule has 1 fully saturated rings. The Balaban J connectivity index is 2.37. The molecule has 0 aromatic heterocycles. The van der Waals surface area contributed by atoms with Gasteiger partial charge >= 0.3 is 0 Å². The highest BCUT2D eigenvalue weighted by Crippen LogP contribution is 2.38. The number of anilines is 1. The summed E-state index contributed by atoms with van der Waals surface area (Å²) in [6.07, 6.45) is 1.69. The predicted molar refractivity (Wildman–Crippen MR) is 78.3 cm³/mol. The maximum absolute atomic E-state index is 11.2. The summed E-state index contributed by atoms with van der Waals surface area (Å²) < 4.78 is 5.37. The van der Waals surface area contributed by atoms with Gasteiger partial charge in [-0.05, 0) is 18.9 Å². The zero-order chi connectivity index (χ0) is 14.7. The second-order valence-electron chi connectivity index (χ2n) is 4.83. The lowest BCUT2D eigenvalue weighted by atomic mass is 9.98. The molecule has 0 saturated carbocycles. The van der Waals surface area contributed by atoms with Crippen LogP contribution in [-0.2, 0) is 4.74 Å². The molecule has 20 heavy (non-hydrogen) atoms. The number of benzene rings is 1. The van der Waals surface area contributed by atoms with E-state index < -0.39 is 4.92 Å². The number of para-hydroxylation sites is 1. The zero-order valence-electron chi connectivity index (χ0n) is 11.3. The van der Waals surface area contributed by atoms with E-state index in [0.717, 1.165) is 12.8 Å².